The fourth-order valence-electron chi connectivity index (χ4n) is 1.37. The number of carbonyl (C=O) groups excluding carboxylic acids is 1. The summed E-state index contributed by atoms with van der Waals surface area (Å²) in [5.74, 6) is -0.0489. The second kappa shape index (κ2) is 6.67. The summed E-state index contributed by atoms with van der Waals surface area (Å²) in [4.78, 5) is 26.7. The average Bonchev–Trinajstić information content (AvgIpc) is 2.33. The van der Waals surface area contributed by atoms with E-state index in [-0.39, 0.29) is 23.8 Å². The number of hydrogen-bond donors (Lipinski definition) is 1. The van der Waals surface area contributed by atoms with E-state index in [1.807, 2.05) is 6.92 Å². The SMILES string of the molecule is CCCn1ccnc(NCCC(=O)OC)c1=O. The number of aromatic nitrogens is 2. The van der Waals surface area contributed by atoms with Gasteiger partial charge in [0.05, 0.1) is 13.5 Å². The van der Waals surface area contributed by atoms with E-state index in [1.54, 1.807) is 17.0 Å². The fourth-order valence-corrected chi connectivity index (χ4v) is 1.37. The number of anilines is 1. The molecule has 1 aromatic rings. The van der Waals surface area contributed by atoms with Crippen LogP contribution in [0.15, 0.2) is 17.2 Å². The van der Waals surface area contributed by atoms with E-state index in [0.717, 1.165) is 6.42 Å². The summed E-state index contributed by atoms with van der Waals surface area (Å²) >= 11 is 0. The third kappa shape index (κ3) is 3.90. The highest BCUT2D eigenvalue weighted by molar-refractivity contribution is 5.69. The van der Waals surface area contributed by atoms with Crippen LogP contribution in [0, 0.1) is 0 Å². The van der Waals surface area contributed by atoms with Crippen LogP contribution in [-0.4, -0.2) is 29.2 Å². The minimum absolute atomic E-state index is 0.167. The molecule has 0 saturated heterocycles. The maximum absolute atomic E-state index is 11.8. The van der Waals surface area contributed by atoms with Crippen LogP contribution in [0.3, 0.4) is 0 Å². The van der Waals surface area contributed by atoms with E-state index < -0.39 is 0 Å². The van der Waals surface area contributed by atoms with Crippen LogP contribution >= 0.6 is 0 Å². The molecule has 0 atom stereocenters. The molecular formula is C11H17N3O3. The molecule has 0 amide bonds. The van der Waals surface area contributed by atoms with E-state index in [1.165, 1.54) is 7.11 Å². The Bertz CT molecular complexity index is 428. The molecule has 0 aliphatic heterocycles. The van der Waals surface area contributed by atoms with Crippen molar-refractivity contribution in [3.05, 3.63) is 22.7 Å². The highest BCUT2D eigenvalue weighted by atomic mass is 16.5. The van der Waals surface area contributed by atoms with Crippen molar-refractivity contribution >= 4 is 11.8 Å². The Morgan fingerprint density at radius 2 is 2.35 bits per heavy atom. The second-order valence-electron chi connectivity index (χ2n) is 3.53. The lowest BCUT2D eigenvalue weighted by atomic mass is 10.4. The number of nitrogens with one attached hydrogen (secondary N) is 1. The molecule has 1 N–H and O–H groups in total. The van der Waals surface area contributed by atoms with Gasteiger partial charge in [0.25, 0.3) is 5.56 Å². The van der Waals surface area contributed by atoms with Crippen LogP contribution in [0.25, 0.3) is 0 Å². The molecule has 0 saturated carbocycles. The second-order valence-corrected chi connectivity index (χ2v) is 3.53. The number of methoxy groups -OCH3 is 1. The van der Waals surface area contributed by atoms with Gasteiger partial charge in [-0.1, -0.05) is 6.92 Å². The van der Waals surface area contributed by atoms with Gasteiger partial charge in [-0.05, 0) is 6.42 Å². The number of aryl methyl sites for hydroxylation is 1. The van der Waals surface area contributed by atoms with Crippen LogP contribution < -0.4 is 10.9 Å². The Hall–Kier alpha value is -1.85. The number of nitrogens with zero attached hydrogens (tertiary/aromatic N) is 2. The lowest BCUT2D eigenvalue weighted by molar-refractivity contribution is -0.140. The molecule has 6 nitrogen and oxygen atoms in total. The molecule has 0 bridgehead atoms. The summed E-state index contributed by atoms with van der Waals surface area (Å²) in [6.07, 6.45) is 4.31. The molecular weight excluding hydrogens is 222 g/mol. The molecule has 0 radical (unpaired) electrons. The van der Waals surface area contributed by atoms with Crippen LogP contribution in [0.1, 0.15) is 19.8 Å². The minimum atomic E-state index is -0.317. The van der Waals surface area contributed by atoms with Crippen LogP contribution in [0.2, 0.25) is 0 Å². The third-order valence-electron chi connectivity index (χ3n) is 2.23. The maximum atomic E-state index is 11.8. The van der Waals surface area contributed by atoms with Crippen LogP contribution in [0.5, 0.6) is 0 Å². The van der Waals surface area contributed by atoms with Crippen molar-refractivity contribution in [2.45, 2.75) is 26.3 Å². The highest BCUT2D eigenvalue weighted by Crippen LogP contribution is 1.95. The Morgan fingerprint density at radius 3 is 3.00 bits per heavy atom. The van der Waals surface area contributed by atoms with Gasteiger partial charge in [0.15, 0.2) is 5.82 Å². The smallest absolute Gasteiger partial charge is 0.307 e. The average molecular weight is 239 g/mol. The van der Waals surface area contributed by atoms with E-state index in [2.05, 4.69) is 15.0 Å². The standard InChI is InChI=1S/C11H17N3O3/c1-3-7-14-8-6-13-10(11(14)16)12-5-4-9(15)17-2/h6,8H,3-5,7H2,1-2H3,(H,12,13). The number of rotatable bonds is 6. The van der Waals surface area contributed by atoms with E-state index in [9.17, 15) is 9.59 Å². The van der Waals surface area contributed by atoms with E-state index in [4.69, 9.17) is 0 Å². The van der Waals surface area contributed by atoms with Gasteiger partial charge in [-0.25, -0.2) is 4.98 Å². The first-order valence-electron chi connectivity index (χ1n) is 5.55. The van der Waals surface area contributed by atoms with Crippen molar-refractivity contribution in [3.63, 3.8) is 0 Å². The molecule has 94 valence electrons. The molecule has 0 spiro atoms. The molecule has 6 heteroatoms. The normalized spacial score (nSPS) is 10.0. The van der Waals surface area contributed by atoms with Gasteiger partial charge in [0.2, 0.25) is 0 Å². The quantitative estimate of drug-likeness (QED) is 0.737. The first-order valence-corrected chi connectivity index (χ1v) is 5.55. The predicted molar refractivity (Wildman–Crippen MR) is 63.9 cm³/mol. The van der Waals surface area contributed by atoms with Gasteiger partial charge in [-0.2, -0.15) is 0 Å². The first kappa shape index (κ1) is 13.2. The number of ether oxygens (including phenoxy) is 1. The molecule has 1 rings (SSSR count). The summed E-state index contributed by atoms with van der Waals surface area (Å²) < 4.78 is 6.09. The number of esters is 1. The largest absolute Gasteiger partial charge is 0.469 e. The van der Waals surface area contributed by atoms with Gasteiger partial charge in [0, 0.05) is 25.5 Å². The van der Waals surface area contributed by atoms with Gasteiger partial charge in [-0.3, -0.25) is 9.59 Å². The summed E-state index contributed by atoms with van der Waals surface area (Å²) in [7, 11) is 1.33. The fraction of sp³-hybridized carbons (Fsp3) is 0.545. The minimum Gasteiger partial charge on any atom is -0.469 e. The summed E-state index contributed by atoms with van der Waals surface area (Å²) in [5.41, 5.74) is -0.167. The van der Waals surface area contributed by atoms with Crippen molar-refractivity contribution in [2.75, 3.05) is 19.0 Å². The van der Waals surface area contributed by atoms with E-state index in [0.29, 0.717) is 13.1 Å². The van der Waals surface area contributed by atoms with Gasteiger partial charge >= 0.3 is 5.97 Å². The van der Waals surface area contributed by atoms with Crippen molar-refractivity contribution in [3.8, 4) is 0 Å². The lowest BCUT2D eigenvalue weighted by Crippen LogP contribution is -2.25. The van der Waals surface area contributed by atoms with Crippen LogP contribution in [0.4, 0.5) is 5.82 Å². The molecule has 0 unspecified atom stereocenters. The molecule has 17 heavy (non-hydrogen) atoms. The molecule has 0 fully saturated rings. The molecule has 0 aliphatic rings. The third-order valence-corrected chi connectivity index (χ3v) is 2.23. The zero-order valence-corrected chi connectivity index (χ0v) is 10.1. The van der Waals surface area contributed by atoms with E-state index >= 15 is 0 Å². The Morgan fingerprint density at radius 1 is 1.59 bits per heavy atom. The van der Waals surface area contributed by atoms with Crippen molar-refractivity contribution in [1.82, 2.24) is 9.55 Å². The molecule has 1 heterocycles. The Kier molecular flexibility index (Phi) is 5.19. The number of hydrogen-bond acceptors (Lipinski definition) is 5. The maximum Gasteiger partial charge on any atom is 0.307 e. The topological polar surface area (TPSA) is 73.2 Å². The summed E-state index contributed by atoms with van der Waals surface area (Å²) in [6.45, 7) is 3.00. The lowest BCUT2D eigenvalue weighted by Gasteiger charge is -2.07. The highest BCUT2D eigenvalue weighted by Gasteiger charge is 2.05. The number of carbonyl (C=O) groups is 1. The molecule has 0 aliphatic carbocycles. The molecule has 1 aromatic heterocycles. The van der Waals surface area contributed by atoms with Crippen molar-refractivity contribution in [1.29, 1.82) is 0 Å². The summed E-state index contributed by atoms with van der Waals surface area (Å²) in [6, 6.07) is 0. The van der Waals surface area contributed by atoms with Crippen LogP contribution in [-0.2, 0) is 16.1 Å². The monoisotopic (exact) mass is 239 g/mol. The van der Waals surface area contributed by atoms with Crippen molar-refractivity contribution in [2.24, 2.45) is 0 Å². The van der Waals surface area contributed by atoms with Gasteiger partial charge < -0.3 is 14.6 Å². The van der Waals surface area contributed by atoms with Gasteiger partial charge in [-0.15, -0.1) is 0 Å². The van der Waals surface area contributed by atoms with Gasteiger partial charge in [0.1, 0.15) is 0 Å². The predicted octanol–water partition coefficient (Wildman–Crippen LogP) is 0.628. The zero-order valence-electron chi connectivity index (χ0n) is 10.1. The Labute approximate surface area is 99.6 Å². The zero-order chi connectivity index (χ0) is 12.7. The Balaban J connectivity index is 2.62. The first-order chi connectivity index (χ1) is 8.19. The molecule has 0 aromatic carbocycles. The van der Waals surface area contributed by atoms with Crippen molar-refractivity contribution < 1.29 is 9.53 Å². The summed E-state index contributed by atoms with van der Waals surface area (Å²) in [5, 5.41) is 2.83.